The van der Waals surface area contributed by atoms with Gasteiger partial charge in [0.15, 0.2) is 0 Å². The smallest absolute Gasteiger partial charge is 0.309 e. The molecule has 1 atom stereocenters. The molecule has 1 heterocycles. The van der Waals surface area contributed by atoms with E-state index in [1.165, 1.54) is 12.1 Å². The van der Waals surface area contributed by atoms with E-state index in [4.69, 9.17) is 5.73 Å². The summed E-state index contributed by atoms with van der Waals surface area (Å²) in [6.45, 7) is 0. The van der Waals surface area contributed by atoms with E-state index in [-0.39, 0.29) is 10.6 Å². The first-order valence-corrected chi connectivity index (χ1v) is 6.05. The molecule has 1 aliphatic heterocycles. The molecule has 0 aromatic heterocycles. The molecule has 0 saturated heterocycles. The summed E-state index contributed by atoms with van der Waals surface area (Å²) in [6, 6.07) is 4.67. The minimum atomic E-state index is -4.56. The Morgan fingerprint density at radius 3 is 2.61 bits per heavy atom. The van der Waals surface area contributed by atoms with Gasteiger partial charge in [0.05, 0.1) is 5.56 Å². The van der Waals surface area contributed by atoms with Crippen LogP contribution in [0, 0.1) is 0 Å². The van der Waals surface area contributed by atoms with Gasteiger partial charge in [-0.3, -0.25) is 9.79 Å². The maximum atomic E-state index is 12.7. The van der Waals surface area contributed by atoms with Crippen LogP contribution in [0.25, 0.3) is 0 Å². The van der Waals surface area contributed by atoms with Gasteiger partial charge in [0.25, 0.3) is 0 Å². The van der Waals surface area contributed by atoms with Crippen LogP contribution in [-0.4, -0.2) is 22.7 Å². The number of carbonyl (C=O) groups is 1. The minimum Gasteiger partial charge on any atom is -0.309 e. The first-order valence-electron chi connectivity index (χ1n) is 5.06. The summed E-state index contributed by atoms with van der Waals surface area (Å²) in [7, 11) is 0. The predicted octanol–water partition coefficient (Wildman–Crippen LogP) is 2.32. The molecule has 96 valence electrons. The Balaban J connectivity index is 2.40. The highest BCUT2D eigenvalue weighted by atomic mass is 32.2. The van der Waals surface area contributed by atoms with Crippen molar-refractivity contribution in [2.75, 3.05) is 5.75 Å². The van der Waals surface area contributed by atoms with Gasteiger partial charge in [0.2, 0.25) is 5.78 Å². The Morgan fingerprint density at radius 1 is 1.39 bits per heavy atom. The second-order valence-corrected chi connectivity index (χ2v) is 4.69. The normalized spacial score (nSPS) is 19.8. The fourth-order valence-corrected chi connectivity index (χ4v) is 2.41. The molecule has 0 aliphatic carbocycles. The van der Waals surface area contributed by atoms with Crippen LogP contribution in [0.5, 0.6) is 0 Å². The molecule has 2 N–H and O–H groups in total. The highest BCUT2D eigenvalue weighted by Gasteiger charge is 2.36. The van der Waals surface area contributed by atoms with E-state index in [0.717, 1.165) is 23.9 Å². The molecule has 0 fully saturated rings. The molecule has 0 bridgehead atoms. The van der Waals surface area contributed by atoms with Crippen molar-refractivity contribution in [3.8, 4) is 0 Å². The Kier molecular flexibility index (Phi) is 3.45. The van der Waals surface area contributed by atoms with Gasteiger partial charge in [-0.1, -0.05) is 30.0 Å². The van der Waals surface area contributed by atoms with Crippen LogP contribution >= 0.6 is 11.8 Å². The molecule has 3 nitrogen and oxygen atoms in total. The van der Waals surface area contributed by atoms with Crippen molar-refractivity contribution in [2.24, 2.45) is 10.7 Å². The van der Waals surface area contributed by atoms with E-state index in [2.05, 4.69) is 4.99 Å². The van der Waals surface area contributed by atoms with Crippen LogP contribution in [0.4, 0.5) is 13.2 Å². The van der Waals surface area contributed by atoms with Gasteiger partial charge >= 0.3 is 6.18 Å². The van der Waals surface area contributed by atoms with Gasteiger partial charge in [0, 0.05) is 11.3 Å². The maximum absolute atomic E-state index is 12.7. The Hall–Kier alpha value is -1.34. The lowest BCUT2D eigenvalue weighted by Gasteiger charge is -2.11. The molecule has 1 unspecified atom stereocenters. The average Bonchev–Trinajstić information content (AvgIpc) is 2.74. The lowest BCUT2D eigenvalue weighted by atomic mass is 10.0. The summed E-state index contributed by atoms with van der Waals surface area (Å²) < 4.78 is 38.2. The number of nitrogens with zero attached hydrogens (tertiary/aromatic N) is 1. The van der Waals surface area contributed by atoms with E-state index in [1.54, 1.807) is 0 Å². The number of aliphatic imine (C=N–C) groups is 1. The lowest BCUT2D eigenvalue weighted by Crippen LogP contribution is -2.18. The third-order valence-corrected chi connectivity index (χ3v) is 3.42. The maximum Gasteiger partial charge on any atom is 0.417 e. The van der Waals surface area contributed by atoms with Crippen LogP contribution in [0.2, 0.25) is 0 Å². The molecule has 2 rings (SSSR count). The zero-order chi connectivity index (χ0) is 13.3. The van der Waals surface area contributed by atoms with E-state index < -0.39 is 23.7 Å². The summed E-state index contributed by atoms with van der Waals surface area (Å²) in [5, 5.41) is 0.0409. The van der Waals surface area contributed by atoms with Crippen molar-refractivity contribution in [1.82, 2.24) is 0 Å². The van der Waals surface area contributed by atoms with Gasteiger partial charge < -0.3 is 5.73 Å². The molecule has 18 heavy (non-hydrogen) atoms. The molecule has 7 heteroatoms. The Bertz CT molecular complexity index is 513. The summed E-state index contributed by atoms with van der Waals surface area (Å²) in [4.78, 5) is 15.8. The summed E-state index contributed by atoms with van der Waals surface area (Å²) in [5.74, 6) is -0.309. The van der Waals surface area contributed by atoms with Crippen LogP contribution < -0.4 is 5.73 Å². The number of carbonyl (C=O) groups excluding carboxylic acids is 1. The second-order valence-electron chi connectivity index (χ2n) is 3.69. The van der Waals surface area contributed by atoms with Gasteiger partial charge in [-0.15, -0.1) is 0 Å². The average molecular weight is 274 g/mol. The summed E-state index contributed by atoms with van der Waals surface area (Å²) in [5.41, 5.74) is 4.15. The number of alkyl halides is 3. The molecule has 1 aromatic carbocycles. The van der Waals surface area contributed by atoms with Crippen molar-refractivity contribution in [1.29, 1.82) is 0 Å². The number of benzene rings is 1. The van der Waals surface area contributed by atoms with Gasteiger partial charge in [-0.05, 0) is 6.07 Å². The number of thioether (sulfide) groups is 1. The van der Waals surface area contributed by atoms with E-state index in [0.29, 0.717) is 5.75 Å². The Labute approximate surface area is 105 Å². The SMILES string of the molecule is NC1CSC(C(=O)c2ccccc2C(F)(F)F)=N1. The first-order chi connectivity index (χ1) is 8.39. The molecular weight excluding hydrogens is 265 g/mol. The second kappa shape index (κ2) is 4.74. The van der Waals surface area contributed by atoms with Crippen LogP contribution in [0.3, 0.4) is 0 Å². The number of halogens is 3. The van der Waals surface area contributed by atoms with Gasteiger partial charge in [-0.25, -0.2) is 0 Å². The molecular formula is C11H9F3N2OS. The lowest BCUT2D eigenvalue weighted by molar-refractivity contribution is -0.137. The fraction of sp³-hybridized carbons (Fsp3) is 0.273. The Morgan fingerprint density at radius 2 is 2.06 bits per heavy atom. The third-order valence-electron chi connectivity index (χ3n) is 2.35. The van der Waals surface area contributed by atoms with Crippen molar-refractivity contribution >= 4 is 22.6 Å². The largest absolute Gasteiger partial charge is 0.417 e. The number of Topliss-reactive ketones (excluding diaryl/α,β-unsaturated/α-hetero) is 1. The van der Waals surface area contributed by atoms with Crippen molar-refractivity contribution < 1.29 is 18.0 Å². The number of ketones is 1. The first kappa shape index (κ1) is 13.1. The zero-order valence-electron chi connectivity index (χ0n) is 9.07. The topological polar surface area (TPSA) is 55.5 Å². The quantitative estimate of drug-likeness (QED) is 0.842. The van der Waals surface area contributed by atoms with Gasteiger partial charge in [0.1, 0.15) is 11.2 Å². The van der Waals surface area contributed by atoms with Crippen LogP contribution in [0.1, 0.15) is 15.9 Å². The summed E-state index contributed by atoms with van der Waals surface area (Å²) in [6.07, 6.45) is -5.08. The van der Waals surface area contributed by atoms with Crippen molar-refractivity contribution in [2.45, 2.75) is 12.3 Å². The van der Waals surface area contributed by atoms with Crippen LogP contribution in [-0.2, 0) is 6.18 Å². The van der Waals surface area contributed by atoms with Crippen molar-refractivity contribution in [3.05, 3.63) is 35.4 Å². The number of rotatable bonds is 2. The number of hydrogen-bond acceptors (Lipinski definition) is 4. The standard InChI is InChI=1S/C11H9F3N2OS/c12-11(13,14)7-4-2-1-3-6(7)9(17)10-16-8(15)5-18-10/h1-4,8H,5,15H2. The molecule has 1 aliphatic rings. The van der Waals surface area contributed by atoms with Crippen LogP contribution in [0.15, 0.2) is 29.3 Å². The monoisotopic (exact) mass is 274 g/mol. The van der Waals surface area contributed by atoms with E-state index in [1.807, 2.05) is 0 Å². The predicted molar refractivity (Wildman–Crippen MR) is 63.6 cm³/mol. The van der Waals surface area contributed by atoms with E-state index in [9.17, 15) is 18.0 Å². The molecule has 0 saturated carbocycles. The summed E-state index contributed by atoms with van der Waals surface area (Å²) >= 11 is 1.08. The number of nitrogens with two attached hydrogens (primary N) is 1. The third kappa shape index (κ3) is 2.56. The number of hydrogen-bond donors (Lipinski definition) is 1. The minimum absolute atomic E-state index is 0.0409. The highest BCUT2D eigenvalue weighted by Crippen LogP contribution is 2.33. The van der Waals surface area contributed by atoms with Crippen molar-refractivity contribution in [3.63, 3.8) is 0 Å². The molecule has 0 amide bonds. The van der Waals surface area contributed by atoms with Gasteiger partial charge in [-0.2, -0.15) is 13.2 Å². The molecule has 0 radical (unpaired) electrons. The fourth-order valence-electron chi connectivity index (χ4n) is 1.56. The highest BCUT2D eigenvalue weighted by molar-refractivity contribution is 8.16. The molecule has 1 aromatic rings. The zero-order valence-corrected chi connectivity index (χ0v) is 9.89. The van der Waals surface area contributed by atoms with E-state index >= 15 is 0 Å². The molecule has 0 spiro atoms.